The Balaban J connectivity index is 1.90. The summed E-state index contributed by atoms with van der Waals surface area (Å²) >= 11 is 0. The molecule has 1 fully saturated rings. The first kappa shape index (κ1) is 13.2. The summed E-state index contributed by atoms with van der Waals surface area (Å²) in [4.78, 5) is 13.4. The second-order valence-corrected chi connectivity index (χ2v) is 4.10. The number of amides is 1. The molecule has 1 N–H and O–H groups in total. The summed E-state index contributed by atoms with van der Waals surface area (Å²) in [6.07, 6.45) is 5.03. The number of ether oxygens (including phenoxy) is 1. The maximum absolute atomic E-state index is 11.6. The van der Waals surface area contributed by atoms with Crippen LogP contribution in [0.5, 0.6) is 0 Å². The van der Waals surface area contributed by atoms with Gasteiger partial charge in [-0.3, -0.25) is 4.79 Å². The zero-order chi connectivity index (χ0) is 11.8. The molecule has 0 aromatic heterocycles. The SMILES string of the molecule is C=CCCOCCNCC(=O)N(C)C1CC1. The van der Waals surface area contributed by atoms with Gasteiger partial charge in [-0.1, -0.05) is 6.08 Å². The normalized spacial score (nSPS) is 14.8. The summed E-state index contributed by atoms with van der Waals surface area (Å²) in [5.74, 6) is 0.175. The van der Waals surface area contributed by atoms with Gasteiger partial charge in [-0.25, -0.2) is 0 Å². The molecule has 4 nitrogen and oxygen atoms in total. The van der Waals surface area contributed by atoms with E-state index in [1.165, 1.54) is 0 Å². The van der Waals surface area contributed by atoms with E-state index in [0.29, 0.717) is 25.8 Å². The molecular formula is C12H22N2O2. The highest BCUT2D eigenvalue weighted by Gasteiger charge is 2.28. The van der Waals surface area contributed by atoms with Crippen LogP contribution in [0.4, 0.5) is 0 Å². The highest BCUT2D eigenvalue weighted by Crippen LogP contribution is 2.24. The first-order valence-electron chi connectivity index (χ1n) is 5.90. The van der Waals surface area contributed by atoms with E-state index in [2.05, 4.69) is 11.9 Å². The van der Waals surface area contributed by atoms with Crippen LogP contribution in [-0.4, -0.2) is 50.2 Å². The maximum atomic E-state index is 11.6. The van der Waals surface area contributed by atoms with Crippen molar-refractivity contribution in [1.29, 1.82) is 0 Å². The Morgan fingerprint density at radius 2 is 2.31 bits per heavy atom. The molecule has 1 aliphatic carbocycles. The number of hydrogen-bond donors (Lipinski definition) is 1. The lowest BCUT2D eigenvalue weighted by Gasteiger charge is -2.16. The maximum Gasteiger partial charge on any atom is 0.236 e. The number of hydrogen-bond acceptors (Lipinski definition) is 3. The van der Waals surface area contributed by atoms with E-state index < -0.39 is 0 Å². The molecule has 0 aromatic carbocycles. The van der Waals surface area contributed by atoms with E-state index in [1.54, 1.807) is 0 Å². The molecule has 0 saturated heterocycles. The van der Waals surface area contributed by atoms with Gasteiger partial charge < -0.3 is 15.0 Å². The third-order valence-electron chi connectivity index (χ3n) is 2.65. The summed E-state index contributed by atoms with van der Waals surface area (Å²) in [5, 5.41) is 3.08. The molecule has 1 aliphatic rings. The van der Waals surface area contributed by atoms with Gasteiger partial charge in [-0.2, -0.15) is 0 Å². The molecule has 0 atom stereocenters. The van der Waals surface area contributed by atoms with Crippen molar-refractivity contribution >= 4 is 5.91 Å². The van der Waals surface area contributed by atoms with E-state index in [4.69, 9.17) is 4.74 Å². The van der Waals surface area contributed by atoms with Gasteiger partial charge in [0.2, 0.25) is 5.91 Å². The Morgan fingerprint density at radius 1 is 1.56 bits per heavy atom. The summed E-state index contributed by atoms with van der Waals surface area (Å²) in [6, 6.07) is 0.498. The molecule has 0 aromatic rings. The van der Waals surface area contributed by atoms with Gasteiger partial charge in [0.25, 0.3) is 0 Å². The van der Waals surface area contributed by atoms with Crippen LogP contribution < -0.4 is 5.32 Å². The highest BCUT2D eigenvalue weighted by molar-refractivity contribution is 5.78. The minimum absolute atomic E-state index is 0.175. The Labute approximate surface area is 97.6 Å². The summed E-state index contributed by atoms with van der Waals surface area (Å²) in [6.45, 7) is 6.11. The van der Waals surface area contributed by atoms with E-state index in [-0.39, 0.29) is 5.91 Å². The zero-order valence-electron chi connectivity index (χ0n) is 10.1. The fourth-order valence-corrected chi connectivity index (χ4v) is 1.40. The highest BCUT2D eigenvalue weighted by atomic mass is 16.5. The van der Waals surface area contributed by atoms with Gasteiger partial charge in [-0.15, -0.1) is 6.58 Å². The second-order valence-electron chi connectivity index (χ2n) is 4.10. The van der Waals surface area contributed by atoms with E-state index in [9.17, 15) is 4.79 Å². The van der Waals surface area contributed by atoms with Crippen molar-refractivity contribution in [1.82, 2.24) is 10.2 Å². The number of likely N-dealkylation sites (N-methyl/N-ethyl adjacent to an activating group) is 1. The van der Waals surface area contributed by atoms with Crippen molar-refractivity contribution in [2.24, 2.45) is 0 Å². The van der Waals surface area contributed by atoms with Crippen molar-refractivity contribution in [3.05, 3.63) is 12.7 Å². The fourth-order valence-electron chi connectivity index (χ4n) is 1.40. The Morgan fingerprint density at radius 3 is 2.94 bits per heavy atom. The first-order chi connectivity index (χ1) is 7.75. The average molecular weight is 226 g/mol. The molecule has 0 aliphatic heterocycles. The minimum atomic E-state index is 0.175. The van der Waals surface area contributed by atoms with Crippen molar-refractivity contribution in [3.63, 3.8) is 0 Å². The Bertz CT molecular complexity index is 227. The van der Waals surface area contributed by atoms with Gasteiger partial charge in [0, 0.05) is 19.6 Å². The smallest absolute Gasteiger partial charge is 0.236 e. The standard InChI is InChI=1S/C12H22N2O2/c1-3-4-8-16-9-7-13-10-12(15)14(2)11-5-6-11/h3,11,13H,1,4-10H2,2H3. The average Bonchev–Trinajstić information content (AvgIpc) is 3.10. The lowest BCUT2D eigenvalue weighted by atomic mass is 10.4. The molecule has 0 radical (unpaired) electrons. The monoisotopic (exact) mass is 226 g/mol. The fraction of sp³-hybridized carbons (Fsp3) is 0.750. The van der Waals surface area contributed by atoms with Crippen molar-refractivity contribution in [3.8, 4) is 0 Å². The molecule has 92 valence electrons. The third-order valence-corrected chi connectivity index (χ3v) is 2.65. The zero-order valence-corrected chi connectivity index (χ0v) is 10.1. The topological polar surface area (TPSA) is 41.6 Å². The molecule has 0 heterocycles. The summed E-state index contributed by atoms with van der Waals surface area (Å²) in [5.41, 5.74) is 0. The van der Waals surface area contributed by atoms with Crippen LogP contribution in [0.3, 0.4) is 0 Å². The van der Waals surface area contributed by atoms with Gasteiger partial charge in [0.1, 0.15) is 0 Å². The number of nitrogens with one attached hydrogen (secondary N) is 1. The molecular weight excluding hydrogens is 204 g/mol. The molecule has 1 saturated carbocycles. The number of nitrogens with zero attached hydrogens (tertiary/aromatic N) is 1. The van der Waals surface area contributed by atoms with Crippen LogP contribution in [0.1, 0.15) is 19.3 Å². The quantitative estimate of drug-likeness (QED) is 0.467. The number of rotatable bonds is 9. The van der Waals surface area contributed by atoms with Crippen LogP contribution in [0.15, 0.2) is 12.7 Å². The molecule has 0 bridgehead atoms. The van der Waals surface area contributed by atoms with Crippen LogP contribution in [-0.2, 0) is 9.53 Å². The van der Waals surface area contributed by atoms with Crippen molar-refractivity contribution < 1.29 is 9.53 Å². The van der Waals surface area contributed by atoms with Crippen molar-refractivity contribution in [2.75, 3.05) is 33.4 Å². The van der Waals surface area contributed by atoms with Crippen LogP contribution >= 0.6 is 0 Å². The number of carbonyl (C=O) groups excluding carboxylic acids is 1. The van der Waals surface area contributed by atoms with Gasteiger partial charge in [-0.05, 0) is 19.3 Å². The molecule has 1 amide bonds. The summed E-state index contributed by atoms with van der Waals surface area (Å²) in [7, 11) is 1.88. The molecule has 0 unspecified atom stereocenters. The molecule has 4 heteroatoms. The minimum Gasteiger partial charge on any atom is -0.380 e. The van der Waals surface area contributed by atoms with E-state index in [1.807, 2.05) is 18.0 Å². The predicted octanol–water partition coefficient (Wildman–Crippen LogP) is 0.790. The lowest BCUT2D eigenvalue weighted by Crippen LogP contribution is -2.37. The first-order valence-corrected chi connectivity index (χ1v) is 5.90. The Kier molecular flexibility index (Phi) is 6.11. The van der Waals surface area contributed by atoms with Gasteiger partial charge >= 0.3 is 0 Å². The van der Waals surface area contributed by atoms with Gasteiger partial charge in [0.05, 0.1) is 19.8 Å². The van der Waals surface area contributed by atoms with Crippen molar-refractivity contribution in [2.45, 2.75) is 25.3 Å². The number of carbonyl (C=O) groups is 1. The lowest BCUT2D eigenvalue weighted by molar-refractivity contribution is -0.129. The molecule has 16 heavy (non-hydrogen) atoms. The van der Waals surface area contributed by atoms with Crippen LogP contribution in [0, 0.1) is 0 Å². The Hall–Kier alpha value is -0.870. The molecule has 0 spiro atoms. The van der Waals surface area contributed by atoms with E-state index >= 15 is 0 Å². The third kappa shape index (κ3) is 5.28. The van der Waals surface area contributed by atoms with Crippen LogP contribution in [0.2, 0.25) is 0 Å². The largest absolute Gasteiger partial charge is 0.380 e. The van der Waals surface area contributed by atoms with E-state index in [0.717, 1.165) is 25.8 Å². The van der Waals surface area contributed by atoms with Gasteiger partial charge in [0.15, 0.2) is 0 Å². The predicted molar refractivity (Wildman–Crippen MR) is 64.3 cm³/mol. The second kappa shape index (κ2) is 7.41. The molecule has 1 rings (SSSR count). The van der Waals surface area contributed by atoms with Crippen LogP contribution in [0.25, 0.3) is 0 Å². The summed E-state index contributed by atoms with van der Waals surface area (Å²) < 4.78 is 5.32.